The van der Waals surface area contributed by atoms with E-state index in [-0.39, 0.29) is 107 Å². The molecule has 4 aromatic carbocycles. The molecule has 18 nitrogen and oxygen atoms in total. The van der Waals surface area contributed by atoms with E-state index in [1.165, 1.54) is 0 Å². The van der Waals surface area contributed by atoms with Gasteiger partial charge in [0.1, 0.15) is 0 Å². The van der Waals surface area contributed by atoms with Gasteiger partial charge in [0.05, 0.1) is 72.7 Å². The van der Waals surface area contributed by atoms with Crippen LogP contribution in [0.15, 0.2) is 36.4 Å². The van der Waals surface area contributed by atoms with E-state index in [0.29, 0.717) is 32.3 Å². The molecule has 0 saturated carbocycles. The molecule has 18 heteroatoms. The average molecular weight is 817 g/mol. The Labute approximate surface area is 339 Å². The fourth-order valence-electron chi connectivity index (χ4n) is 6.70. The van der Waals surface area contributed by atoms with Gasteiger partial charge in [0, 0.05) is 0 Å². The van der Waals surface area contributed by atoms with Gasteiger partial charge in [-0.05, 0) is 110 Å². The summed E-state index contributed by atoms with van der Waals surface area (Å²) in [5.41, 5.74) is -0.840. The van der Waals surface area contributed by atoms with Gasteiger partial charge in [-0.15, -0.1) is 0 Å². The average Bonchev–Trinajstić information content (AvgIpc) is 3.23. The number of rotatable bonds is 12. The number of aromatic nitrogens is 6. The van der Waals surface area contributed by atoms with Crippen molar-refractivity contribution < 1.29 is 57.2 Å². The SMILES string of the molecule is CCOC(=O)c1nc2cc3c4cc5nc(C(=O)OCC)c(C(=O)OCC)nc5cc4c4cc5nc(C(=O)OCC)c(C(=O)OCC)nc5cc4c3cc2nc1C(=O)OCC. The predicted octanol–water partition coefficient (Wildman–Crippen LogP) is 6.04. The molecule has 0 spiro atoms. The zero-order valence-electron chi connectivity index (χ0n) is 33.3. The van der Waals surface area contributed by atoms with Gasteiger partial charge >= 0.3 is 35.8 Å². The first-order valence-electron chi connectivity index (χ1n) is 19.1. The first-order valence-corrected chi connectivity index (χ1v) is 19.1. The summed E-state index contributed by atoms with van der Waals surface area (Å²) in [6.07, 6.45) is 0. The first-order chi connectivity index (χ1) is 29.0. The Kier molecular flexibility index (Phi) is 11.4. The normalized spacial score (nSPS) is 11.3. The van der Waals surface area contributed by atoms with Gasteiger partial charge in [-0.1, -0.05) is 0 Å². The van der Waals surface area contributed by atoms with E-state index < -0.39 is 35.8 Å². The van der Waals surface area contributed by atoms with Crippen LogP contribution in [-0.2, 0) is 28.4 Å². The molecule has 0 N–H and O–H groups in total. The molecule has 0 saturated heterocycles. The summed E-state index contributed by atoms with van der Waals surface area (Å²) in [5, 5.41) is 3.22. The summed E-state index contributed by atoms with van der Waals surface area (Å²) in [7, 11) is 0. The summed E-state index contributed by atoms with van der Waals surface area (Å²) in [6.45, 7) is 9.69. The van der Waals surface area contributed by atoms with Crippen LogP contribution in [0.3, 0.4) is 0 Å². The molecule has 0 aliphatic rings. The summed E-state index contributed by atoms with van der Waals surface area (Å²) < 4.78 is 31.2. The minimum Gasteiger partial charge on any atom is -0.461 e. The van der Waals surface area contributed by atoms with E-state index in [4.69, 9.17) is 28.4 Å². The molecule has 0 radical (unpaired) electrons. The zero-order chi connectivity index (χ0) is 42.8. The molecule has 306 valence electrons. The van der Waals surface area contributed by atoms with E-state index >= 15 is 0 Å². The second-order valence-electron chi connectivity index (χ2n) is 12.7. The van der Waals surface area contributed by atoms with Gasteiger partial charge in [-0.25, -0.2) is 58.7 Å². The number of hydrogen-bond donors (Lipinski definition) is 0. The molecule has 3 heterocycles. The summed E-state index contributed by atoms with van der Waals surface area (Å²) in [6, 6.07) is 10.00. The lowest BCUT2D eigenvalue weighted by Gasteiger charge is -2.15. The molecule has 60 heavy (non-hydrogen) atoms. The Morgan fingerprint density at radius 2 is 0.433 bits per heavy atom. The number of nitrogens with zero attached hydrogens (tertiary/aromatic N) is 6. The van der Waals surface area contributed by atoms with Gasteiger partial charge in [0.15, 0.2) is 34.2 Å². The summed E-state index contributed by atoms with van der Waals surface area (Å²) in [4.78, 5) is 106. The standard InChI is InChI=1S/C42H36N6O12/c1-7-55-37(49)31-32(38(50)56-8-2)44-26-14-20-19(13-25(26)43-31)21-15-27-29(47-34(40(52)58-10-4)33(45-27)39(51)57-9-3)17-23(21)24-18-30-28(16-22(20)24)46-35(41(53)59-11-5)36(48-30)42(54)60-12-6/h13-18H,7-12H2,1-6H3. The number of hydrogen-bond acceptors (Lipinski definition) is 18. The van der Waals surface area contributed by atoms with Crippen molar-refractivity contribution in [2.45, 2.75) is 41.5 Å². The molecular formula is C42H36N6O12. The maximum Gasteiger partial charge on any atom is 0.359 e. The van der Waals surface area contributed by atoms with Gasteiger partial charge in [-0.2, -0.15) is 0 Å². The van der Waals surface area contributed by atoms with Crippen molar-refractivity contribution in [2.75, 3.05) is 39.6 Å². The van der Waals surface area contributed by atoms with E-state index in [2.05, 4.69) is 29.9 Å². The Bertz CT molecular complexity index is 2440. The van der Waals surface area contributed by atoms with Crippen molar-refractivity contribution in [1.82, 2.24) is 29.9 Å². The Morgan fingerprint density at radius 3 is 0.550 bits per heavy atom. The molecule has 0 atom stereocenters. The molecule has 0 unspecified atom stereocenters. The number of carbonyl (C=O) groups excluding carboxylic acids is 6. The van der Waals surface area contributed by atoms with Crippen LogP contribution in [0.4, 0.5) is 0 Å². The Morgan fingerprint density at radius 1 is 0.300 bits per heavy atom. The number of esters is 6. The number of benzene rings is 4. The van der Waals surface area contributed by atoms with Crippen molar-refractivity contribution >= 4 is 101 Å². The molecule has 0 amide bonds. The van der Waals surface area contributed by atoms with Crippen LogP contribution in [0.5, 0.6) is 0 Å². The van der Waals surface area contributed by atoms with Crippen molar-refractivity contribution in [3.05, 3.63) is 70.6 Å². The molecule has 0 aliphatic carbocycles. The lowest BCUT2D eigenvalue weighted by Crippen LogP contribution is -2.18. The maximum absolute atomic E-state index is 13.1. The topological polar surface area (TPSA) is 235 Å². The number of fused-ring (bicyclic) bond motifs is 9. The quantitative estimate of drug-likeness (QED) is 0.0592. The Balaban J connectivity index is 1.65. The van der Waals surface area contributed by atoms with E-state index in [9.17, 15) is 28.8 Å². The van der Waals surface area contributed by atoms with Crippen LogP contribution < -0.4 is 0 Å². The highest BCUT2D eigenvalue weighted by Gasteiger charge is 2.28. The largest absolute Gasteiger partial charge is 0.461 e. The van der Waals surface area contributed by atoms with Gasteiger partial charge in [-0.3, -0.25) is 0 Å². The van der Waals surface area contributed by atoms with Crippen molar-refractivity contribution in [3.8, 4) is 0 Å². The first kappa shape index (κ1) is 40.7. The van der Waals surface area contributed by atoms with E-state index in [1.807, 2.05) is 0 Å². The lowest BCUT2D eigenvalue weighted by molar-refractivity contribution is 0.0468. The lowest BCUT2D eigenvalue weighted by atomic mass is 9.92. The van der Waals surface area contributed by atoms with Gasteiger partial charge < -0.3 is 28.4 Å². The minimum absolute atomic E-state index is 0.00491. The second kappa shape index (κ2) is 16.8. The number of carbonyl (C=O) groups is 6. The third-order valence-corrected chi connectivity index (χ3v) is 9.09. The van der Waals surface area contributed by atoms with Crippen LogP contribution in [-0.4, -0.2) is 105 Å². The molecule has 0 aliphatic heterocycles. The molecule has 0 fully saturated rings. The number of ether oxygens (including phenoxy) is 6. The predicted molar refractivity (Wildman–Crippen MR) is 214 cm³/mol. The highest BCUT2D eigenvalue weighted by atomic mass is 16.6. The van der Waals surface area contributed by atoms with Crippen LogP contribution in [0, 0.1) is 0 Å². The molecule has 0 bridgehead atoms. The highest BCUT2D eigenvalue weighted by Crippen LogP contribution is 2.40. The van der Waals surface area contributed by atoms with Crippen molar-refractivity contribution in [2.24, 2.45) is 0 Å². The molecule has 3 aromatic heterocycles. The van der Waals surface area contributed by atoms with Crippen LogP contribution in [0.2, 0.25) is 0 Å². The van der Waals surface area contributed by atoms with Gasteiger partial charge in [0.25, 0.3) is 0 Å². The zero-order valence-corrected chi connectivity index (χ0v) is 33.3. The van der Waals surface area contributed by atoms with Gasteiger partial charge in [0.2, 0.25) is 0 Å². The third kappa shape index (κ3) is 7.27. The second-order valence-corrected chi connectivity index (χ2v) is 12.7. The fraction of sp³-hybridized carbons (Fsp3) is 0.286. The Hall–Kier alpha value is -7.50. The molecular weight excluding hydrogens is 780 g/mol. The molecule has 7 aromatic rings. The highest BCUT2D eigenvalue weighted by molar-refractivity contribution is 6.30. The summed E-state index contributed by atoms with van der Waals surface area (Å²) >= 11 is 0. The van der Waals surface area contributed by atoms with Crippen molar-refractivity contribution in [1.29, 1.82) is 0 Å². The smallest absolute Gasteiger partial charge is 0.359 e. The minimum atomic E-state index is -0.881. The summed E-state index contributed by atoms with van der Waals surface area (Å²) in [5.74, 6) is -5.29. The van der Waals surface area contributed by atoms with Crippen LogP contribution in [0.1, 0.15) is 104 Å². The third-order valence-electron chi connectivity index (χ3n) is 9.09. The molecule has 7 rings (SSSR count). The van der Waals surface area contributed by atoms with E-state index in [1.54, 1.807) is 77.9 Å². The van der Waals surface area contributed by atoms with E-state index in [0.717, 1.165) is 0 Å². The maximum atomic E-state index is 13.1. The van der Waals surface area contributed by atoms with Crippen molar-refractivity contribution in [3.63, 3.8) is 0 Å². The fourth-order valence-corrected chi connectivity index (χ4v) is 6.70. The van der Waals surface area contributed by atoms with Crippen LogP contribution in [0.25, 0.3) is 65.4 Å². The monoisotopic (exact) mass is 816 g/mol. The van der Waals surface area contributed by atoms with Crippen LogP contribution >= 0.6 is 0 Å².